The van der Waals surface area contributed by atoms with Crippen LogP contribution in [0.3, 0.4) is 0 Å². The largest absolute Gasteiger partial charge is 0.457 e. The number of hydrogen-bond acceptors (Lipinski definition) is 4. The van der Waals surface area contributed by atoms with E-state index in [4.69, 9.17) is 10.5 Å². The number of benzene rings is 3. The van der Waals surface area contributed by atoms with Crippen molar-refractivity contribution in [2.45, 2.75) is 13.1 Å². The van der Waals surface area contributed by atoms with E-state index >= 15 is 0 Å². The average Bonchev–Trinajstić information content (AvgIpc) is 3.32. The lowest BCUT2D eigenvalue weighted by atomic mass is 10.1. The Morgan fingerprint density at radius 3 is 2.00 bits per heavy atom. The van der Waals surface area contributed by atoms with Crippen LogP contribution >= 0.6 is 0 Å². The number of carbonyl (C=O) groups excluding carboxylic acids is 2. The van der Waals surface area contributed by atoms with E-state index in [1.54, 1.807) is 54.7 Å². The van der Waals surface area contributed by atoms with Crippen molar-refractivity contribution >= 4 is 11.8 Å². The van der Waals surface area contributed by atoms with Gasteiger partial charge in [-0.1, -0.05) is 24.3 Å². The maximum atomic E-state index is 12.5. The molecule has 2 amide bonds. The normalized spacial score (nSPS) is 10.5. The predicted molar refractivity (Wildman–Crippen MR) is 120 cm³/mol. The van der Waals surface area contributed by atoms with Gasteiger partial charge in [-0.05, 0) is 65.7 Å². The van der Waals surface area contributed by atoms with Gasteiger partial charge >= 0.3 is 0 Å². The molecule has 0 saturated carbocycles. The molecule has 7 heteroatoms. The molecule has 0 atom stereocenters. The first-order valence-corrected chi connectivity index (χ1v) is 10.1. The highest BCUT2D eigenvalue weighted by Gasteiger charge is 2.07. The van der Waals surface area contributed by atoms with Crippen LogP contribution in [0.5, 0.6) is 11.5 Å². The molecule has 4 aromatic rings. The summed E-state index contributed by atoms with van der Waals surface area (Å²) in [5.41, 5.74) is 8.34. The van der Waals surface area contributed by atoms with E-state index in [1.807, 2.05) is 41.2 Å². The Labute approximate surface area is 185 Å². The van der Waals surface area contributed by atoms with E-state index in [-0.39, 0.29) is 5.91 Å². The summed E-state index contributed by atoms with van der Waals surface area (Å²) in [5.74, 6) is 0.504. The van der Waals surface area contributed by atoms with Gasteiger partial charge in [0, 0.05) is 30.1 Å². The van der Waals surface area contributed by atoms with E-state index in [9.17, 15) is 9.59 Å². The SMILES string of the molecule is NC(=O)c1ccc(Oc2ccc(C(=O)NCc3ccc(Cn4cccn4)cc3)cc2)cc1. The smallest absolute Gasteiger partial charge is 0.251 e. The molecule has 32 heavy (non-hydrogen) atoms. The summed E-state index contributed by atoms with van der Waals surface area (Å²) in [5, 5.41) is 7.13. The lowest BCUT2D eigenvalue weighted by molar-refractivity contribution is 0.0949. The Kier molecular flexibility index (Phi) is 6.27. The van der Waals surface area contributed by atoms with Gasteiger partial charge in [0.05, 0.1) is 6.54 Å². The number of hydrogen-bond donors (Lipinski definition) is 2. The zero-order chi connectivity index (χ0) is 22.3. The van der Waals surface area contributed by atoms with Crippen LogP contribution in [0.25, 0.3) is 0 Å². The monoisotopic (exact) mass is 426 g/mol. The van der Waals surface area contributed by atoms with E-state index in [1.165, 1.54) is 0 Å². The molecule has 0 radical (unpaired) electrons. The average molecular weight is 426 g/mol. The summed E-state index contributed by atoms with van der Waals surface area (Å²) in [4.78, 5) is 23.6. The van der Waals surface area contributed by atoms with Crippen molar-refractivity contribution in [2.75, 3.05) is 0 Å². The van der Waals surface area contributed by atoms with Crippen molar-refractivity contribution in [1.82, 2.24) is 15.1 Å². The Morgan fingerprint density at radius 1 is 0.844 bits per heavy atom. The molecule has 0 unspecified atom stereocenters. The summed E-state index contributed by atoms with van der Waals surface area (Å²) in [6.07, 6.45) is 3.68. The van der Waals surface area contributed by atoms with Gasteiger partial charge in [-0.2, -0.15) is 5.10 Å². The third-order valence-corrected chi connectivity index (χ3v) is 4.87. The van der Waals surface area contributed by atoms with Gasteiger partial charge in [-0.25, -0.2) is 0 Å². The Hall–Kier alpha value is -4.39. The standard InChI is InChI=1S/C25H22N4O3/c26-24(30)20-6-10-22(11-7-20)32-23-12-8-21(9-13-23)25(31)27-16-18-2-4-19(5-3-18)17-29-15-1-14-28-29/h1-15H,16-17H2,(H2,26,30)(H,27,31). The van der Waals surface area contributed by atoms with Crippen LogP contribution in [-0.4, -0.2) is 21.6 Å². The molecule has 1 aromatic heterocycles. The molecule has 0 aliphatic heterocycles. The fourth-order valence-corrected chi connectivity index (χ4v) is 3.13. The number of aromatic nitrogens is 2. The highest BCUT2D eigenvalue weighted by Crippen LogP contribution is 2.22. The van der Waals surface area contributed by atoms with E-state index in [2.05, 4.69) is 10.4 Å². The van der Waals surface area contributed by atoms with Crippen molar-refractivity contribution in [2.24, 2.45) is 5.73 Å². The molecular weight excluding hydrogens is 404 g/mol. The lowest BCUT2D eigenvalue weighted by Gasteiger charge is -2.09. The fraction of sp³-hybridized carbons (Fsp3) is 0.0800. The molecule has 0 spiro atoms. The molecule has 4 rings (SSSR count). The molecule has 7 nitrogen and oxygen atoms in total. The lowest BCUT2D eigenvalue weighted by Crippen LogP contribution is -2.22. The van der Waals surface area contributed by atoms with Crippen molar-refractivity contribution in [1.29, 1.82) is 0 Å². The summed E-state index contributed by atoms with van der Waals surface area (Å²) >= 11 is 0. The first-order chi connectivity index (χ1) is 15.6. The summed E-state index contributed by atoms with van der Waals surface area (Å²) in [7, 11) is 0. The fourth-order valence-electron chi connectivity index (χ4n) is 3.13. The molecule has 160 valence electrons. The van der Waals surface area contributed by atoms with Gasteiger partial charge in [-0.3, -0.25) is 14.3 Å². The first-order valence-electron chi connectivity index (χ1n) is 10.1. The second-order valence-corrected chi connectivity index (χ2v) is 7.22. The number of rotatable bonds is 8. The third-order valence-electron chi connectivity index (χ3n) is 4.87. The minimum absolute atomic E-state index is 0.164. The van der Waals surface area contributed by atoms with Gasteiger partial charge in [-0.15, -0.1) is 0 Å². The number of amides is 2. The molecular formula is C25H22N4O3. The quantitative estimate of drug-likeness (QED) is 0.448. The van der Waals surface area contributed by atoms with Crippen LogP contribution in [0.2, 0.25) is 0 Å². The Bertz CT molecular complexity index is 1180. The number of nitrogens with one attached hydrogen (secondary N) is 1. The molecule has 0 saturated heterocycles. The Morgan fingerprint density at radius 2 is 1.44 bits per heavy atom. The number of ether oxygens (including phenoxy) is 1. The summed E-state index contributed by atoms with van der Waals surface area (Å²) in [6.45, 7) is 1.15. The van der Waals surface area contributed by atoms with E-state index in [0.29, 0.717) is 35.7 Å². The van der Waals surface area contributed by atoms with Crippen molar-refractivity contribution in [3.63, 3.8) is 0 Å². The number of nitrogens with zero attached hydrogens (tertiary/aromatic N) is 2. The maximum absolute atomic E-state index is 12.5. The van der Waals surface area contributed by atoms with Crippen LogP contribution in [-0.2, 0) is 13.1 Å². The van der Waals surface area contributed by atoms with Crippen LogP contribution in [0.1, 0.15) is 31.8 Å². The molecule has 0 fully saturated rings. The second kappa shape index (κ2) is 9.61. The van der Waals surface area contributed by atoms with Crippen LogP contribution in [0.15, 0.2) is 91.3 Å². The third kappa shape index (κ3) is 5.40. The van der Waals surface area contributed by atoms with Crippen LogP contribution in [0.4, 0.5) is 0 Å². The van der Waals surface area contributed by atoms with Crippen molar-refractivity contribution < 1.29 is 14.3 Å². The first kappa shape index (κ1) is 20.9. The molecule has 3 N–H and O–H groups in total. The van der Waals surface area contributed by atoms with Crippen LogP contribution in [0, 0.1) is 0 Å². The minimum atomic E-state index is -0.489. The number of nitrogens with two attached hydrogens (primary N) is 1. The Balaban J connectivity index is 1.29. The number of primary amides is 1. The highest BCUT2D eigenvalue weighted by molar-refractivity contribution is 5.94. The highest BCUT2D eigenvalue weighted by atomic mass is 16.5. The van der Waals surface area contributed by atoms with Gasteiger partial charge in [0.15, 0.2) is 0 Å². The van der Waals surface area contributed by atoms with E-state index < -0.39 is 5.91 Å². The molecule has 0 aliphatic carbocycles. The summed E-state index contributed by atoms with van der Waals surface area (Å²) < 4.78 is 7.60. The second-order valence-electron chi connectivity index (χ2n) is 7.22. The zero-order valence-corrected chi connectivity index (χ0v) is 17.3. The van der Waals surface area contributed by atoms with Gasteiger partial charge in [0.1, 0.15) is 11.5 Å². The topological polar surface area (TPSA) is 99.2 Å². The van der Waals surface area contributed by atoms with Gasteiger partial charge < -0.3 is 15.8 Å². The van der Waals surface area contributed by atoms with Gasteiger partial charge in [0.25, 0.3) is 5.91 Å². The molecule has 0 bridgehead atoms. The van der Waals surface area contributed by atoms with E-state index in [0.717, 1.165) is 11.1 Å². The molecule has 3 aromatic carbocycles. The zero-order valence-electron chi connectivity index (χ0n) is 17.3. The molecule has 0 aliphatic rings. The van der Waals surface area contributed by atoms with Crippen molar-refractivity contribution in [3.05, 3.63) is 114 Å². The summed E-state index contributed by atoms with van der Waals surface area (Å²) in [6, 6.07) is 23.4. The minimum Gasteiger partial charge on any atom is -0.457 e. The van der Waals surface area contributed by atoms with Crippen LogP contribution < -0.4 is 15.8 Å². The van der Waals surface area contributed by atoms with Crippen molar-refractivity contribution in [3.8, 4) is 11.5 Å². The number of carbonyl (C=O) groups is 2. The predicted octanol–water partition coefficient (Wildman–Crippen LogP) is 3.75. The van der Waals surface area contributed by atoms with Gasteiger partial charge in [0.2, 0.25) is 5.91 Å². The molecule has 1 heterocycles. The maximum Gasteiger partial charge on any atom is 0.251 e.